The lowest BCUT2D eigenvalue weighted by atomic mass is 9.80. The second kappa shape index (κ2) is 7.61. The lowest BCUT2D eigenvalue weighted by Gasteiger charge is -2.27. The average molecular weight is 484 g/mol. The Morgan fingerprint density at radius 3 is 2.79 bits per heavy atom. The van der Waals surface area contributed by atoms with Crippen LogP contribution in [0.25, 0.3) is 21.9 Å². The number of nitrogens with one attached hydrogen (secondary N) is 1. The molecule has 0 amide bonds. The number of halogens is 2. The molecule has 3 aromatic heterocycles. The first-order valence-corrected chi connectivity index (χ1v) is 11.8. The summed E-state index contributed by atoms with van der Waals surface area (Å²) in [5.74, 6) is 0. The Balaban J connectivity index is 1.30. The van der Waals surface area contributed by atoms with Crippen LogP contribution in [0.3, 0.4) is 0 Å². The lowest BCUT2D eigenvalue weighted by molar-refractivity contribution is -0.0218. The predicted molar refractivity (Wildman–Crippen MR) is 127 cm³/mol. The summed E-state index contributed by atoms with van der Waals surface area (Å²) in [5.41, 5.74) is 3.12. The fourth-order valence-electron chi connectivity index (χ4n) is 5.68. The van der Waals surface area contributed by atoms with Crippen molar-refractivity contribution in [1.82, 2.24) is 24.8 Å². The Morgan fingerprint density at radius 2 is 1.94 bits per heavy atom. The minimum Gasteiger partial charge on any atom is -0.390 e. The van der Waals surface area contributed by atoms with Crippen molar-refractivity contribution in [3.05, 3.63) is 64.3 Å². The van der Waals surface area contributed by atoms with Crippen LogP contribution in [0.5, 0.6) is 0 Å². The second-order valence-corrected chi connectivity index (χ2v) is 10.1. The number of fused-ring (bicyclic) bond motifs is 2. The van der Waals surface area contributed by atoms with Crippen molar-refractivity contribution in [2.24, 2.45) is 5.41 Å². The molecule has 7 nitrogen and oxygen atoms in total. The van der Waals surface area contributed by atoms with E-state index in [2.05, 4.69) is 38.5 Å². The van der Waals surface area contributed by atoms with Crippen molar-refractivity contribution in [3.63, 3.8) is 0 Å². The molecule has 0 radical (unpaired) electrons. The quantitative estimate of drug-likeness (QED) is 0.294. The molecule has 170 valence electrons. The van der Waals surface area contributed by atoms with Gasteiger partial charge < -0.3 is 20.1 Å². The number of aliphatic hydroxyl groups excluding tert-OH is 2. The molecular weight excluding hydrogens is 461 g/mol. The van der Waals surface area contributed by atoms with Gasteiger partial charge in [-0.2, -0.15) is 0 Å². The molecule has 1 aliphatic carbocycles. The van der Waals surface area contributed by atoms with Gasteiger partial charge in [0.25, 0.3) is 0 Å². The maximum absolute atomic E-state index is 11.2. The summed E-state index contributed by atoms with van der Waals surface area (Å²) in [4.78, 5) is 12.9. The first-order valence-electron chi connectivity index (χ1n) is 11.0. The van der Waals surface area contributed by atoms with Crippen LogP contribution in [-0.4, -0.2) is 48.5 Å². The van der Waals surface area contributed by atoms with E-state index in [-0.39, 0.29) is 12.1 Å². The third-order valence-electron chi connectivity index (χ3n) is 7.46. The first-order chi connectivity index (χ1) is 15.9. The summed E-state index contributed by atoms with van der Waals surface area (Å²) < 4.78 is 1.92. The zero-order valence-corrected chi connectivity index (χ0v) is 19.4. The van der Waals surface area contributed by atoms with Gasteiger partial charge in [0, 0.05) is 29.6 Å². The molecule has 0 unspecified atom stereocenters. The van der Waals surface area contributed by atoms with Gasteiger partial charge in [-0.3, -0.25) is 0 Å². The monoisotopic (exact) mass is 483 g/mol. The largest absolute Gasteiger partial charge is 0.390 e. The van der Waals surface area contributed by atoms with Gasteiger partial charge in [0.2, 0.25) is 0 Å². The molecular formula is C24H23Cl2N5O2. The van der Waals surface area contributed by atoms with Gasteiger partial charge in [-0.15, -0.1) is 0 Å². The molecule has 9 heteroatoms. The smallest absolute Gasteiger partial charge is 0.145 e. The summed E-state index contributed by atoms with van der Waals surface area (Å²) in [6.45, 7) is 2.56. The van der Waals surface area contributed by atoms with Crippen molar-refractivity contribution in [2.45, 2.75) is 44.1 Å². The number of aromatic nitrogens is 4. The number of aryl methyl sites for hydroxylation is 1. The van der Waals surface area contributed by atoms with E-state index in [0.717, 1.165) is 27.4 Å². The third kappa shape index (κ3) is 3.26. The SMILES string of the molecule is Cc1cc2ccc([C@@H]3C[C@@]4(CN3)C[C@@H](n3ccc5c(Cl)ncnc53)[C@H](O)[C@@H]4O)cc2nc1Cl. The summed E-state index contributed by atoms with van der Waals surface area (Å²) in [5, 5.41) is 28.4. The summed E-state index contributed by atoms with van der Waals surface area (Å²) >= 11 is 12.5. The Labute approximate surface area is 200 Å². The van der Waals surface area contributed by atoms with Gasteiger partial charge in [-0.25, -0.2) is 15.0 Å². The summed E-state index contributed by atoms with van der Waals surface area (Å²) in [6, 6.07) is 9.86. The number of aliphatic hydroxyl groups is 2. The molecule has 33 heavy (non-hydrogen) atoms. The van der Waals surface area contributed by atoms with E-state index in [1.165, 1.54) is 6.33 Å². The van der Waals surface area contributed by atoms with Crippen LogP contribution in [-0.2, 0) is 0 Å². The fraction of sp³-hybridized carbons (Fsp3) is 0.375. The number of nitrogens with zero attached hydrogens (tertiary/aromatic N) is 4. The molecule has 1 spiro atoms. The standard InChI is InChI=1S/C24H23Cl2N5O2/c1-12-6-13-2-3-14(7-16(13)30-21(12)25)17-8-24(10-27-17)9-18(19(32)20(24)33)31-5-4-15-22(26)28-11-29-23(15)31/h2-7,11,17-20,27,32-33H,8-10H2,1H3/t17-,18+,19-,20-,24-/m0/s1. The van der Waals surface area contributed by atoms with Gasteiger partial charge in [-0.05, 0) is 49.1 Å². The molecule has 4 aromatic rings. The van der Waals surface area contributed by atoms with E-state index >= 15 is 0 Å². The van der Waals surface area contributed by atoms with Crippen LogP contribution in [0.1, 0.15) is 36.1 Å². The van der Waals surface area contributed by atoms with Crippen LogP contribution >= 0.6 is 23.2 Å². The van der Waals surface area contributed by atoms with Crippen LogP contribution in [0.4, 0.5) is 0 Å². The van der Waals surface area contributed by atoms with Crippen molar-refractivity contribution in [2.75, 3.05) is 6.54 Å². The molecule has 4 heterocycles. The van der Waals surface area contributed by atoms with Crippen LogP contribution < -0.4 is 5.32 Å². The normalized spacial score (nSPS) is 29.6. The van der Waals surface area contributed by atoms with E-state index < -0.39 is 17.6 Å². The maximum atomic E-state index is 11.2. The first kappa shape index (κ1) is 21.3. The summed E-state index contributed by atoms with van der Waals surface area (Å²) in [7, 11) is 0. The topological polar surface area (TPSA) is 96.1 Å². The van der Waals surface area contributed by atoms with Crippen LogP contribution in [0, 0.1) is 12.3 Å². The van der Waals surface area contributed by atoms with Gasteiger partial charge >= 0.3 is 0 Å². The van der Waals surface area contributed by atoms with Crippen molar-refractivity contribution in [3.8, 4) is 0 Å². The molecule has 1 saturated heterocycles. The molecule has 5 atom stereocenters. The molecule has 1 aromatic carbocycles. The molecule has 1 aliphatic heterocycles. The number of hydrogen-bond donors (Lipinski definition) is 3. The lowest BCUT2D eigenvalue weighted by Crippen LogP contribution is -2.38. The highest BCUT2D eigenvalue weighted by Crippen LogP contribution is 2.52. The minimum atomic E-state index is -0.907. The Kier molecular flexibility index (Phi) is 4.91. The maximum Gasteiger partial charge on any atom is 0.145 e. The van der Waals surface area contributed by atoms with Gasteiger partial charge in [0.05, 0.1) is 23.0 Å². The van der Waals surface area contributed by atoms with E-state index in [9.17, 15) is 10.2 Å². The fourth-order valence-corrected chi connectivity index (χ4v) is 6.01. The third-order valence-corrected chi connectivity index (χ3v) is 8.15. The van der Waals surface area contributed by atoms with E-state index in [0.29, 0.717) is 35.3 Å². The number of benzene rings is 1. The summed E-state index contributed by atoms with van der Waals surface area (Å²) in [6.07, 6.45) is 2.86. The van der Waals surface area contributed by atoms with Crippen molar-refractivity contribution >= 4 is 45.1 Å². The molecule has 1 saturated carbocycles. The average Bonchev–Trinajstić information content (AvgIpc) is 3.48. The number of pyridine rings is 1. The van der Waals surface area contributed by atoms with Crippen molar-refractivity contribution < 1.29 is 10.2 Å². The van der Waals surface area contributed by atoms with Gasteiger partial charge in [0.1, 0.15) is 28.4 Å². The number of hydrogen-bond acceptors (Lipinski definition) is 6. The Hall–Kier alpha value is -2.29. The zero-order chi connectivity index (χ0) is 22.9. The Morgan fingerprint density at radius 1 is 1.09 bits per heavy atom. The molecule has 2 fully saturated rings. The highest BCUT2D eigenvalue weighted by molar-refractivity contribution is 6.33. The molecule has 6 rings (SSSR count). The minimum absolute atomic E-state index is 0.0510. The van der Waals surface area contributed by atoms with Crippen LogP contribution in [0.2, 0.25) is 10.3 Å². The molecule has 0 bridgehead atoms. The highest BCUT2D eigenvalue weighted by Gasteiger charge is 2.56. The molecule has 3 N–H and O–H groups in total. The predicted octanol–water partition coefficient (Wildman–Crippen LogP) is 3.98. The van der Waals surface area contributed by atoms with E-state index in [1.54, 1.807) is 0 Å². The van der Waals surface area contributed by atoms with Crippen LogP contribution in [0.15, 0.2) is 42.9 Å². The van der Waals surface area contributed by atoms with E-state index in [4.69, 9.17) is 23.2 Å². The zero-order valence-electron chi connectivity index (χ0n) is 17.9. The van der Waals surface area contributed by atoms with Gasteiger partial charge in [0.15, 0.2) is 0 Å². The van der Waals surface area contributed by atoms with Crippen molar-refractivity contribution in [1.29, 1.82) is 0 Å². The number of rotatable bonds is 2. The van der Waals surface area contributed by atoms with Gasteiger partial charge in [-0.1, -0.05) is 35.3 Å². The highest BCUT2D eigenvalue weighted by atomic mass is 35.5. The second-order valence-electron chi connectivity index (χ2n) is 9.38. The Bertz CT molecular complexity index is 1390. The molecule has 2 aliphatic rings. The van der Waals surface area contributed by atoms with E-state index in [1.807, 2.05) is 29.8 Å².